The Bertz CT molecular complexity index is 1180. The van der Waals surface area contributed by atoms with Gasteiger partial charge in [-0.3, -0.25) is 14.5 Å². The molecule has 0 radical (unpaired) electrons. The molecule has 33 heavy (non-hydrogen) atoms. The first-order valence-electron chi connectivity index (χ1n) is 10.1. The zero-order chi connectivity index (χ0) is 23.8. The predicted molar refractivity (Wildman–Crippen MR) is 115 cm³/mol. The highest BCUT2D eigenvalue weighted by Gasteiger charge is 2.37. The Hall–Kier alpha value is -3.40. The monoisotopic (exact) mass is 477 g/mol. The van der Waals surface area contributed by atoms with E-state index in [2.05, 4.69) is 10.3 Å². The van der Waals surface area contributed by atoms with Gasteiger partial charge in [0.15, 0.2) is 5.69 Å². The molecule has 1 aromatic heterocycles. The molecule has 3 aromatic rings. The van der Waals surface area contributed by atoms with Gasteiger partial charge in [-0.15, -0.1) is 5.10 Å². The Morgan fingerprint density at radius 1 is 1.03 bits per heavy atom. The molecule has 1 atom stereocenters. The molecule has 0 aliphatic carbocycles. The van der Waals surface area contributed by atoms with Crippen LogP contribution in [-0.4, -0.2) is 50.8 Å². The summed E-state index contributed by atoms with van der Waals surface area (Å²) in [6, 6.07) is 13.7. The van der Waals surface area contributed by atoms with Crippen LogP contribution in [0.4, 0.5) is 18.9 Å². The van der Waals surface area contributed by atoms with Gasteiger partial charge in [0.05, 0.1) is 17.6 Å². The summed E-state index contributed by atoms with van der Waals surface area (Å²) in [5.41, 5.74) is 0.186. The second-order valence-corrected chi connectivity index (χ2v) is 8.16. The molecule has 2 amide bonds. The summed E-state index contributed by atoms with van der Waals surface area (Å²) in [5.74, 6) is -0.660. The fraction of sp³-hybridized carbons (Fsp3) is 0.273. The average molecular weight is 478 g/mol. The van der Waals surface area contributed by atoms with Gasteiger partial charge >= 0.3 is 6.18 Å². The summed E-state index contributed by atoms with van der Waals surface area (Å²) >= 11 is 6.10. The molecule has 7 nitrogen and oxygen atoms in total. The van der Waals surface area contributed by atoms with Crippen molar-refractivity contribution in [3.63, 3.8) is 0 Å². The van der Waals surface area contributed by atoms with Crippen molar-refractivity contribution in [2.24, 2.45) is 0 Å². The van der Waals surface area contributed by atoms with E-state index in [0.717, 1.165) is 16.4 Å². The standard InChI is InChI=1S/C22H19ClF3N5O2/c1-14(9-15-5-3-2-4-6-15)29-12-21(33)30(13-20(29)32)18-10-16(23)7-8-17(18)31-11-19(27-28-31)22(24,25)26/h2-8,10-11,14H,9,12-13H2,1H3. The van der Waals surface area contributed by atoms with Gasteiger partial charge in [-0.2, -0.15) is 13.2 Å². The summed E-state index contributed by atoms with van der Waals surface area (Å²) < 4.78 is 39.8. The van der Waals surface area contributed by atoms with Crippen LogP contribution in [0, 0.1) is 0 Å². The highest BCUT2D eigenvalue weighted by atomic mass is 35.5. The lowest BCUT2D eigenvalue weighted by Crippen LogP contribution is -2.57. The number of piperazine rings is 1. The lowest BCUT2D eigenvalue weighted by Gasteiger charge is -2.38. The zero-order valence-electron chi connectivity index (χ0n) is 17.5. The summed E-state index contributed by atoms with van der Waals surface area (Å²) in [4.78, 5) is 28.7. The van der Waals surface area contributed by atoms with E-state index in [4.69, 9.17) is 11.6 Å². The van der Waals surface area contributed by atoms with Gasteiger partial charge in [0.2, 0.25) is 11.8 Å². The molecule has 0 bridgehead atoms. The molecule has 11 heteroatoms. The number of aromatic nitrogens is 3. The maximum atomic E-state index is 13.0. The molecule has 0 N–H and O–H groups in total. The number of hydrogen-bond acceptors (Lipinski definition) is 4. The van der Waals surface area contributed by atoms with E-state index in [9.17, 15) is 22.8 Å². The van der Waals surface area contributed by atoms with E-state index < -0.39 is 11.9 Å². The molecule has 172 valence electrons. The third-order valence-corrected chi connectivity index (χ3v) is 5.62. The van der Waals surface area contributed by atoms with Crippen LogP contribution in [0.5, 0.6) is 0 Å². The highest BCUT2D eigenvalue weighted by Crippen LogP contribution is 2.32. The van der Waals surface area contributed by atoms with Crippen LogP contribution in [0.15, 0.2) is 54.7 Å². The molecule has 1 unspecified atom stereocenters. The van der Waals surface area contributed by atoms with Gasteiger partial charge in [-0.1, -0.05) is 47.1 Å². The third kappa shape index (κ3) is 4.85. The van der Waals surface area contributed by atoms with Gasteiger partial charge in [0, 0.05) is 11.1 Å². The van der Waals surface area contributed by atoms with Crippen molar-refractivity contribution in [2.45, 2.75) is 25.6 Å². The van der Waals surface area contributed by atoms with Crippen LogP contribution in [0.2, 0.25) is 5.02 Å². The van der Waals surface area contributed by atoms with E-state index in [1.807, 2.05) is 37.3 Å². The maximum absolute atomic E-state index is 13.0. The second kappa shape index (κ2) is 8.86. The Morgan fingerprint density at radius 3 is 2.42 bits per heavy atom. The predicted octanol–water partition coefficient (Wildman–Crippen LogP) is 3.75. The van der Waals surface area contributed by atoms with Crippen molar-refractivity contribution in [3.05, 3.63) is 71.0 Å². The van der Waals surface area contributed by atoms with Crippen molar-refractivity contribution >= 4 is 29.1 Å². The van der Waals surface area contributed by atoms with Crippen LogP contribution in [0.25, 0.3) is 5.69 Å². The number of carbonyl (C=O) groups is 2. The van der Waals surface area contributed by atoms with Crippen LogP contribution >= 0.6 is 11.6 Å². The van der Waals surface area contributed by atoms with Gasteiger partial charge in [0.1, 0.15) is 13.1 Å². The Morgan fingerprint density at radius 2 is 1.76 bits per heavy atom. The maximum Gasteiger partial charge on any atom is 0.436 e. The quantitative estimate of drug-likeness (QED) is 0.561. The first-order valence-corrected chi connectivity index (χ1v) is 10.4. The van der Waals surface area contributed by atoms with Gasteiger partial charge in [-0.05, 0) is 37.1 Å². The Kier molecular flexibility index (Phi) is 6.11. The lowest BCUT2D eigenvalue weighted by molar-refractivity contribution is -0.141. The van der Waals surface area contributed by atoms with Crippen LogP contribution in [0.1, 0.15) is 18.2 Å². The Labute approximate surface area is 192 Å². The van der Waals surface area contributed by atoms with Crippen molar-refractivity contribution in [1.82, 2.24) is 19.9 Å². The lowest BCUT2D eigenvalue weighted by atomic mass is 10.0. The van der Waals surface area contributed by atoms with Crippen LogP contribution < -0.4 is 4.90 Å². The van der Waals surface area contributed by atoms with E-state index in [1.165, 1.54) is 28.0 Å². The molecule has 4 rings (SSSR count). The van der Waals surface area contributed by atoms with Gasteiger partial charge in [0.25, 0.3) is 0 Å². The molecule has 0 spiro atoms. The van der Waals surface area contributed by atoms with Crippen LogP contribution in [0.3, 0.4) is 0 Å². The van der Waals surface area contributed by atoms with Crippen molar-refractivity contribution < 1.29 is 22.8 Å². The molecule has 1 saturated heterocycles. The minimum Gasteiger partial charge on any atom is -0.329 e. The summed E-state index contributed by atoms with van der Waals surface area (Å²) in [5, 5.41) is 6.96. The van der Waals surface area contributed by atoms with E-state index in [-0.39, 0.29) is 47.3 Å². The fourth-order valence-electron chi connectivity index (χ4n) is 3.74. The van der Waals surface area contributed by atoms with Crippen molar-refractivity contribution in [1.29, 1.82) is 0 Å². The highest BCUT2D eigenvalue weighted by molar-refractivity contribution is 6.31. The molecular formula is C22H19ClF3N5O2. The SMILES string of the molecule is CC(Cc1ccccc1)N1CC(=O)N(c2cc(Cl)ccc2-n2cc(C(F)(F)F)nn2)CC1=O. The molecule has 0 saturated carbocycles. The molecule has 2 aromatic carbocycles. The number of hydrogen-bond donors (Lipinski definition) is 0. The van der Waals surface area contributed by atoms with Crippen molar-refractivity contribution in [3.8, 4) is 5.69 Å². The number of alkyl halides is 3. The Balaban J connectivity index is 1.59. The number of benzene rings is 2. The molecule has 1 fully saturated rings. The van der Waals surface area contributed by atoms with Gasteiger partial charge < -0.3 is 4.90 Å². The number of anilines is 1. The third-order valence-electron chi connectivity index (χ3n) is 5.39. The number of halogens is 4. The average Bonchev–Trinajstić information content (AvgIpc) is 3.26. The number of amides is 2. The summed E-state index contributed by atoms with van der Waals surface area (Å²) in [6.07, 6.45) is -3.37. The molecule has 1 aliphatic heterocycles. The van der Waals surface area contributed by atoms with E-state index in [1.54, 1.807) is 0 Å². The van der Waals surface area contributed by atoms with Crippen LogP contribution in [-0.2, 0) is 22.2 Å². The molecular weight excluding hydrogens is 459 g/mol. The van der Waals surface area contributed by atoms with Crippen molar-refractivity contribution in [2.75, 3.05) is 18.0 Å². The number of carbonyl (C=O) groups excluding carboxylic acids is 2. The normalized spacial score (nSPS) is 15.8. The largest absolute Gasteiger partial charge is 0.436 e. The minimum absolute atomic E-state index is 0.148. The summed E-state index contributed by atoms with van der Waals surface area (Å²) in [7, 11) is 0. The van der Waals surface area contributed by atoms with E-state index >= 15 is 0 Å². The number of rotatable bonds is 5. The minimum atomic E-state index is -4.67. The first-order chi connectivity index (χ1) is 15.6. The van der Waals surface area contributed by atoms with E-state index in [0.29, 0.717) is 6.42 Å². The smallest absolute Gasteiger partial charge is 0.329 e. The first kappa shape index (κ1) is 22.8. The molecule has 1 aliphatic rings. The summed E-state index contributed by atoms with van der Waals surface area (Å²) in [6.45, 7) is 1.43. The fourth-order valence-corrected chi connectivity index (χ4v) is 3.90. The number of nitrogens with zero attached hydrogens (tertiary/aromatic N) is 5. The second-order valence-electron chi connectivity index (χ2n) is 7.72. The molecule has 2 heterocycles. The zero-order valence-corrected chi connectivity index (χ0v) is 18.2. The van der Waals surface area contributed by atoms with Gasteiger partial charge in [-0.25, -0.2) is 4.68 Å². The topological polar surface area (TPSA) is 71.3 Å².